The fourth-order valence-electron chi connectivity index (χ4n) is 2.94. The van der Waals surface area contributed by atoms with Gasteiger partial charge in [0.2, 0.25) is 5.91 Å². The van der Waals surface area contributed by atoms with Crippen LogP contribution in [-0.4, -0.2) is 57.0 Å². The van der Waals surface area contributed by atoms with Crippen LogP contribution in [0.15, 0.2) is 4.99 Å². The van der Waals surface area contributed by atoms with Crippen molar-refractivity contribution in [2.45, 2.75) is 71.9 Å². The van der Waals surface area contributed by atoms with E-state index >= 15 is 0 Å². The van der Waals surface area contributed by atoms with Crippen molar-refractivity contribution in [3.63, 3.8) is 0 Å². The summed E-state index contributed by atoms with van der Waals surface area (Å²) in [5.41, 5.74) is 0. The predicted molar refractivity (Wildman–Crippen MR) is 107 cm³/mol. The van der Waals surface area contributed by atoms with Crippen LogP contribution in [0.5, 0.6) is 0 Å². The van der Waals surface area contributed by atoms with Crippen LogP contribution in [-0.2, 0) is 14.6 Å². The normalized spacial score (nSPS) is 20.8. The summed E-state index contributed by atoms with van der Waals surface area (Å²) in [6.07, 6.45) is 4.25. The Hall–Kier alpha value is -1.31. The Morgan fingerprint density at radius 3 is 2.54 bits per heavy atom. The molecule has 0 saturated carbocycles. The molecule has 0 aromatic rings. The van der Waals surface area contributed by atoms with Crippen LogP contribution in [0.1, 0.15) is 59.8 Å². The fourth-order valence-corrected chi connectivity index (χ4v) is 4.61. The van der Waals surface area contributed by atoms with Gasteiger partial charge in [-0.15, -0.1) is 0 Å². The highest BCUT2D eigenvalue weighted by Gasteiger charge is 2.28. The van der Waals surface area contributed by atoms with Crippen LogP contribution < -0.4 is 16.0 Å². The summed E-state index contributed by atoms with van der Waals surface area (Å²) < 4.78 is 22.8. The molecule has 1 aliphatic heterocycles. The minimum Gasteiger partial charge on any atom is -0.357 e. The van der Waals surface area contributed by atoms with E-state index in [0.29, 0.717) is 19.0 Å². The highest BCUT2D eigenvalue weighted by atomic mass is 32.2. The van der Waals surface area contributed by atoms with Crippen molar-refractivity contribution in [1.29, 1.82) is 0 Å². The number of guanidine groups is 1. The van der Waals surface area contributed by atoms with Gasteiger partial charge in [-0.1, -0.05) is 26.7 Å². The maximum absolute atomic E-state index is 12.0. The number of aliphatic imine (C=N–C) groups is 1. The molecular formula is C18H36N4O3S. The quantitative estimate of drug-likeness (QED) is 0.388. The Kier molecular flexibility index (Phi) is 9.98. The molecule has 152 valence electrons. The molecule has 1 rings (SSSR count). The molecule has 7 nitrogen and oxygen atoms in total. The van der Waals surface area contributed by atoms with Crippen LogP contribution in [0.25, 0.3) is 0 Å². The van der Waals surface area contributed by atoms with E-state index in [0.717, 1.165) is 24.8 Å². The van der Waals surface area contributed by atoms with Gasteiger partial charge in [-0.25, -0.2) is 8.42 Å². The van der Waals surface area contributed by atoms with Gasteiger partial charge in [0, 0.05) is 25.0 Å². The number of carbonyl (C=O) groups is 1. The molecule has 2 atom stereocenters. The first-order valence-electron chi connectivity index (χ1n) is 9.76. The number of hydrogen-bond donors (Lipinski definition) is 3. The molecule has 26 heavy (non-hydrogen) atoms. The van der Waals surface area contributed by atoms with Crippen LogP contribution >= 0.6 is 0 Å². The van der Waals surface area contributed by atoms with Crippen molar-refractivity contribution in [2.75, 3.05) is 24.6 Å². The Morgan fingerprint density at radius 1 is 1.23 bits per heavy atom. The zero-order chi connectivity index (χ0) is 19.6. The molecule has 2 unspecified atom stereocenters. The summed E-state index contributed by atoms with van der Waals surface area (Å²) in [6.45, 7) is 9.75. The van der Waals surface area contributed by atoms with E-state index in [-0.39, 0.29) is 29.9 Å². The second-order valence-corrected chi connectivity index (χ2v) is 9.78. The summed E-state index contributed by atoms with van der Waals surface area (Å²) in [6, 6.07) is 0.0768. The van der Waals surface area contributed by atoms with Crippen molar-refractivity contribution in [1.82, 2.24) is 16.0 Å². The molecule has 0 aromatic carbocycles. The molecule has 0 bridgehead atoms. The summed E-state index contributed by atoms with van der Waals surface area (Å²) in [5.74, 6) is 1.52. The molecule has 0 radical (unpaired) electrons. The maximum atomic E-state index is 12.0. The van der Waals surface area contributed by atoms with Crippen molar-refractivity contribution in [3.8, 4) is 0 Å². The molecular weight excluding hydrogens is 352 g/mol. The molecule has 0 spiro atoms. The van der Waals surface area contributed by atoms with Crippen molar-refractivity contribution >= 4 is 21.7 Å². The summed E-state index contributed by atoms with van der Waals surface area (Å²) in [5, 5.41) is 9.37. The third-order valence-corrected chi connectivity index (χ3v) is 6.12. The van der Waals surface area contributed by atoms with E-state index in [4.69, 9.17) is 0 Å². The van der Waals surface area contributed by atoms with Crippen molar-refractivity contribution < 1.29 is 13.2 Å². The first-order chi connectivity index (χ1) is 12.2. The summed E-state index contributed by atoms with van der Waals surface area (Å²) in [4.78, 5) is 16.4. The Morgan fingerprint density at radius 2 is 1.96 bits per heavy atom. The zero-order valence-electron chi connectivity index (χ0n) is 16.7. The molecule has 8 heteroatoms. The number of amides is 1. The van der Waals surface area contributed by atoms with Gasteiger partial charge in [-0.05, 0) is 32.6 Å². The van der Waals surface area contributed by atoms with E-state index in [1.807, 2.05) is 6.92 Å². The molecule has 3 N–H and O–H groups in total. The average Bonchev–Trinajstić information content (AvgIpc) is 2.85. The topological polar surface area (TPSA) is 99.7 Å². The third-order valence-electron chi connectivity index (χ3n) is 4.35. The van der Waals surface area contributed by atoms with Gasteiger partial charge in [0.05, 0.1) is 18.1 Å². The molecule has 1 aliphatic rings. The minimum absolute atomic E-state index is 0.0557. The molecule has 1 amide bonds. The monoisotopic (exact) mass is 388 g/mol. The van der Waals surface area contributed by atoms with E-state index < -0.39 is 9.84 Å². The Labute approximate surface area is 158 Å². The van der Waals surface area contributed by atoms with Gasteiger partial charge in [0.15, 0.2) is 15.8 Å². The third kappa shape index (κ3) is 9.99. The average molecular weight is 389 g/mol. The Bertz CT molecular complexity index is 561. The lowest BCUT2D eigenvalue weighted by atomic mass is 10.0. The summed E-state index contributed by atoms with van der Waals surface area (Å²) in [7, 11) is -2.97. The van der Waals surface area contributed by atoms with Crippen molar-refractivity contribution in [3.05, 3.63) is 0 Å². The van der Waals surface area contributed by atoms with E-state index in [2.05, 4.69) is 41.7 Å². The largest absolute Gasteiger partial charge is 0.357 e. The number of nitrogens with one attached hydrogen (secondary N) is 3. The first kappa shape index (κ1) is 22.7. The lowest BCUT2D eigenvalue weighted by molar-refractivity contribution is -0.121. The lowest BCUT2D eigenvalue weighted by Crippen LogP contribution is -2.42. The maximum Gasteiger partial charge on any atom is 0.222 e. The number of sulfone groups is 1. The van der Waals surface area contributed by atoms with Gasteiger partial charge in [-0.2, -0.15) is 0 Å². The van der Waals surface area contributed by atoms with E-state index in [9.17, 15) is 13.2 Å². The first-order valence-corrected chi connectivity index (χ1v) is 11.6. The van der Waals surface area contributed by atoms with Crippen LogP contribution in [0, 0.1) is 5.92 Å². The van der Waals surface area contributed by atoms with Gasteiger partial charge in [0.1, 0.15) is 0 Å². The number of rotatable bonds is 10. The van der Waals surface area contributed by atoms with Crippen LogP contribution in [0.2, 0.25) is 0 Å². The highest BCUT2D eigenvalue weighted by molar-refractivity contribution is 7.91. The SMILES string of the molecule is CCNC(=NCCC(=O)NC1CCS(=O)(=O)C1)NC(C)CCCC(C)C. The molecule has 0 aromatic heterocycles. The molecule has 1 fully saturated rings. The zero-order valence-corrected chi connectivity index (χ0v) is 17.5. The summed E-state index contributed by atoms with van der Waals surface area (Å²) >= 11 is 0. The van der Waals surface area contributed by atoms with Crippen LogP contribution in [0.3, 0.4) is 0 Å². The molecule has 1 heterocycles. The number of nitrogens with zero attached hydrogens (tertiary/aromatic N) is 1. The van der Waals surface area contributed by atoms with Gasteiger partial charge in [0.25, 0.3) is 0 Å². The Balaban J connectivity index is 2.34. The van der Waals surface area contributed by atoms with Gasteiger partial charge in [-0.3, -0.25) is 9.79 Å². The highest BCUT2D eigenvalue weighted by Crippen LogP contribution is 2.11. The van der Waals surface area contributed by atoms with Gasteiger partial charge >= 0.3 is 0 Å². The van der Waals surface area contributed by atoms with Crippen molar-refractivity contribution in [2.24, 2.45) is 10.9 Å². The second kappa shape index (κ2) is 11.4. The standard InChI is InChI=1S/C18H36N4O3S/c1-5-19-18(21-15(4)8-6-7-14(2)3)20-11-9-17(23)22-16-10-12-26(24,25)13-16/h14-16H,5-13H2,1-4H3,(H,22,23)(H2,19,20,21). The number of carbonyl (C=O) groups excluding carboxylic acids is 1. The molecule has 0 aliphatic carbocycles. The van der Waals surface area contributed by atoms with E-state index in [1.54, 1.807) is 0 Å². The predicted octanol–water partition coefficient (Wildman–Crippen LogP) is 1.45. The molecule has 1 saturated heterocycles. The van der Waals surface area contributed by atoms with Gasteiger partial charge < -0.3 is 16.0 Å². The smallest absolute Gasteiger partial charge is 0.222 e. The lowest BCUT2D eigenvalue weighted by Gasteiger charge is -2.18. The van der Waals surface area contributed by atoms with Crippen LogP contribution in [0.4, 0.5) is 0 Å². The second-order valence-electron chi connectivity index (χ2n) is 7.55. The van der Waals surface area contributed by atoms with E-state index in [1.165, 1.54) is 12.8 Å². The number of hydrogen-bond acceptors (Lipinski definition) is 4. The fraction of sp³-hybridized carbons (Fsp3) is 0.889. The minimum atomic E-state index is -2.97.